The Balaban J connectivity index is 2.34. The van der Waals surface area contributed by atoms with E-state index in [0.29, 0.717) is 25.0 Å². The van der Waals surface area contributed by atoms with Crippen LogP contribution in [0, 0.1) is 11.8 Å². The van der Waals surface area contributed by atoms with Crippen LogP contribution in [0.15, 0.2) is 0 Å². The number of hydrogen-bond donors (Lipinski definition) is 0. The Labute approximate surface area is 136 Å². The molecule has 0 aromatic rings. The van der Waals surface area contributed by atoms with Gasteiger partial charge in [-0.1, -0.05) is 47.0 Å². The highest BCUT2D eigenvalue weighted by atomic mass is 17.3. The molecule has 0 saturated heterocycles. The zero-order chi connectivity index (χ0) is 16.3. The Morgan fingerprint density at radius 3 is 1.64 bits per heavy atom. The van der Waals surface area contributed by atoms with Crippen molar-refractivity contribution in [3.63, 3.8) is 0 Å². The van der Waals surface area contributed by atoms with Crippen LogP contribution in [0.5, 0.6) is 0 Å². The van der Waals surface area contributed by atoms with Gasteiger partial charge in [0.25, 0.3) is 0 Å². The lowest BCUT2D eigenvalue weighted by atomic mass is 9.94. The first-order chi connectivity index (χ1) is 10.6. The fourth-order valence-corrected chi connectivity index (χ4v) is 2.94. The van der Waals surface area contributed by atoms with Crippen molar-refractivity contribution in [3.05, 3.63) is 0 Å². The van der Waals surface area contributed by atoms with E-state index in [-0.39, 0.29) is 0 Å². The van der Waals surface area contributed by atoms with Gasteiger partial charge >= 0.3 is 0 Å². The molecule has 0 radical (unpaired) electrons. The Hall–Kier alpha value is -0.160. The van der Waals surface area contributed by atoms with Gasteiger partial charge in [0.2, 0.25) is 5.79 Å². The van der Waals surface area contributed by atoms with Crippen molar-refractivity contribution in [2.45, 2.75) is 91.3 Å². The van der Waals surface area contributed by atoms with Crippen LogP contribution >= 0.6 is 0 Å². The first kappa shape index (κ1) is 19.9. The fraction of sp³-hybridized carbons (Fsp3) is 1.00. The zero-order valence-corrected chi connectivity index (χ0v) is 15.1. The van der Waals surface area contributed by atoms with E-state index in [9.17, 15) is 0 Å². The summed E-state index contributed by atoms with van der Waals surface area (Å²) in [5, 5.41) is 0. The molecule has 1 aliphatic rings. The van der Waals surface area contributed by atoms with Gasteiger partial charge in [-0.15, -0.1) is 0 Å². The molecule has 0 heterocycles. The smallest absolute Gasteiger partial charge is 0.233 e. The third-order valence-corrected chi connectivity index (χ3v) is 4.31. The maximum atomic E-state index is 5.68. The lowest BCUT2D eigenvalue weighted by Gasteiger charge is -2.34. The summed E-state index contributed by atoms with van der Waals surface area (Å²) < 4.78 is 0. The van der Waals surface area contributed by atoms with Crippen LogP contribution < -0.4 is 0 Å². The van der Waals surface area contributed by atoms with Crippen LogP contribution in [0.2, 0.25) is 0 Å². The second-order valence-electron chi connectivity index (χ2n) is 6.99. The standard InChI is InChI=1S/C18H36O4/c1-5-10-16(3)14-19-21-18(12-8-7-9-13-18)22-20-15-17(4)11-6-2/h16-17H,5-15H2,1-4H3. The molecule has 0 bridgehead atoms. The molecule has 2 atom stereocenters. The highest BCUT2D eigenvalue weighted by Gasteiger charge is 2.37. The molecular weight excluding hydrogens is 280 g/mol. The molecule has 132 valence electrons. The molecule has 0 aromatic carbocycles. The molecule has 22 heavy (non-hydrogen) atoms. The molecule has 0 N–H and O–H groups in total. The van der Waals surface area contributed by atoms with Gasteiger partial charge in [-0.3, -0.25) is 0 Å². The molecular formula is C18H36O4. The summed E-state index contributed by atoms with van der Waals surface area (Å²) in [5.74, 6) is 0.322. The summed E-state index contributed by atoms with van der Waals surface area (Å²) in [7, 11) is 0. The minimum absolute atomic E-state index is 0.510. The second-order valence-corrected chi connectivity index (χ2v) is 6.99. The van der Waals surface area contributed by atoms with Crippen molar-refractivity contribution in [2.24, 2.45) is 11.8 Å². The maximum Gasteiger partial charge on any atom is 0.233 e. The molecule has 0 aromatic heterocycles. The van der Waals surface area contributed by atoms with Gasteiger partial charge in [-0.25, -0.2) is 9.78 Å². The minimum atomic E-state index is -0.698. The maximum absolute atomic E-state index is 5.68. The molecule has 0 amide bonds. The molecule has 1 rings (SSSR count). The average molecular weight is 316 g/mol. The Morgan fingerprint density at radius 2 is 1.23 bits per heavy atom. The van der Waals surface area contributed by atoms with E-state index in [4.69, 9.17) is 19.6 Å². The van der Waals surface area contributed by atoms with Gasteiger partial charge in [0, 0.05) is 12.8 Å². The Kier molecular flexibility index (Phi) is 10.3. The topological polar surface area (TPSA) is 36.9 Å². The summed E-state index contributed by atoms with van der Waals surface area (Å²) >= 11 is 0. The number of rotatable bonds is 12. The largest absolute Gasteiger partial charge is 0.233 e. The second kappa shape index (κ2) is 11.4. The summed E-state index contributed by atoms with van der Waals surface area (Å²) in [6.45, 7) is 9.98. The monoisotopic (exact) mass is 316 g/mol. The molecule has 1 fully saturated rings. The average Bonchev–Trinajstić information content (AvgIpc) is 2.49. The van der Waals surface area contributed by atoms with E-state index in [1.165, 1.54) is 19.3 Å². The Bertz CT molecular complexity index is 244. The summed E-state index contributed by atoms with van der Waals surface area (Å²) in [6.07, 6.45) is 9.77. The third-order valence-electron chi connectivity index (χ3n) is 4.31. The number of hydrogen-bond acceptors (Lipinski definition) is 4. The molecule has 1 saturated carbocycles. The van der Waals surface area contributed by atoms with Crippen molar-refractivity contribution in [1.29, 1.82) is 0 Å². The van der Waals surface area contributed by atoms with E-state index in [2.05, 4.69) is 27.7 Å². The van der Waals surface area contributed by atoms with E-state index < -0.39 is 5.79 Å². The van der Waals surface area contributed by atoms with E-state index in [1.54, 1.807) is 0 Å². The molecule has 2 unspecified atom stereocenters. The van der Waals surface area contributed by atoms with Crippen LogP contribution in [0.25, 0.3) is 0 Å². The molecule has 0 spiro atoms. The lowest BCUT2D eigenvalue weighted by Crippen LogP contribution is -2.39. The van der Waals surface area contributed by atoms with E-state index >= 15 is 0 Å². The van der Waals surface area contributed by atoms with E-state index in [1.807, 2.05) is 0 Å². The van der Waals surface area contributed by atoms with Crippen molar-refractivity contribution < 1.29 is 19.6 Å². The van der Waals surface area contributed by atoms with Crippen molar-refractivity contribution in [1.82, 2.24) is 0 Å². The molecule has 4 nitrogen and oxygen atoms in total. The van der Waals surface area contributed by atoms with Gasteiger partial charge < -0.3 is 0 Å². The van der Waals surface area contributed by atoms with Crippen LogP contribution in [0.3, 0.4) is 0 Å². The van der Waals surface area contributed by atoms with Crippen LogP contribution in [0.4, 0.5) is 0 Å². The highest BCUT2D eigenvalue weighted by Crippen LogP contribution is 2.33. The molecule has 1 aliphatic carbocycles. The van der Waals surface area contributed by atoms with Crippen LogP contribution in [-0.2, 0) is 19.6 Å². The first-order valence-electron chi connectivity index (χ1n) is 9.23. The van der Waals surface area contributed by atoms with Gasteiger partial charge in [0.05, 0.1) is 13.2 Å². The zero-order valence-electron chi connectivity index (χ0n) is 15.1. The van der Waals surface area contributed by atoms with Crippen molar-refractivity contribution in [2.75, 3.05) is 13.2 Å². The summed E-state index contributed by atoms with van der Waals surface area (Å²) in [5.41, 5.74) is 0. The van der Waals surface area contributed by atoms with Gasteiger partial charge in [0.15, 0.2) is 0 Å². The predicted octanol–water partition coefficient (Wildman–Crippen LogP) is 5.42. The normalized spacial score (nSPS) is 20.7. The van der Waals surface area contributed by atoms with Crippen LogP contribution in [0.1, 0.15) is 85.5 Å². The van der Waals surface area contributed by atoms with Crippen LogP contribution in [-0.4, -0.2) is 19.0 Å². The van der Waals surface area contributed by atoms with Crippen molar-refractivity contribution in [3.8, 4) is 0 Å². The Morgan fingerprint density at radius 1 is 0.773 bits per heavy atom. The summed E-state index contributed by atoms with van der Waals surface area (Å²) in [6, 6.07) is 0. The van der Waals surface area contributed by atoms with Crippen molar-refractivity contribution >= 4 is 0 Å². The fourth-order valence-electron chi connectivity index (χ4n) is 2.94. The summed E-state index contributed by atoms with van der Waals surface area (Å²) in [4.78, 5) is 22.3. The van der Waals surface area contributed by atoms with Gasteiger partial charge in [-0.05, 0) is 37.5 Å². The molecule has 4 heteroatoms. The van der Waals surface area contributed by atoms with Gasteiger partial charge in [0.1, 0.15) is 0 Å². The minimum Gasteiger partial charge on any atom is -0.233 e. The third kappa shape index (κ3) is 7.91. The predicted molar refractivity (Wildman–Crippen MR) is 88.0 cm³/mol. The first-order valence-corrected chi connectivity index (χ1v) is 9.23. The molecule has 0 aliphatic heterocycles. The quantitative estimate of drug-likeness (QED) is 0.274. The SMILES string of the molecule is CCCC(C)COOC1(OOCC(C)CCC)CCCCC1. The van der Waals surface area contributed by atoms with E-state index in [0.717, 1.165) is 38.5 Å². The highest BCUT2D eigenvalue weighted by molar-refractivity contribution is 4.73. The van der Waals surface area contributed by atoms with Gasteiger partial charge in [-0.2, -0.15) is 9.78 Å². The lowest BCUT2D eigenvalue weighted by molar-refractivity contribution is -0.519.